The molecule has 6 nitrogen and oxygen atoms in total. The monoisotopic (exact) mass is 505 g/mol. The number of aromatic nitrogens is 3. The molecule has 0 unspecified atom stereocenters. The Morgan fingerprint density at radius 2 is 1.97 bits per heavy atom. The predicted octanol–water partition coefficient (Wildman–Crippen LogP) is 3.85. The van der Waals surface area contributed by atoms with Crippen LogP contribution in [0.3, 0.4) is 0 Å². The highest BCUT2D eigenvalue weighted by Crippen LogP contribution is 2.32. The Hall–Kier alpha value is -2.36. The molecule has 1 fully saturated rings. The van der Waals surface area contributed by atoms with E-state index in [0.29, 0.717) is 0 Å². The number of hydrogen-bond acceptors (Lipinski definition) is 5. The van der Waals surface area contributed by atoms with E-state index < -0.39 is 23.3 Å². The quantitative estimate of drug-likeness (QED) is 0.510. The minimum Gasteiger partial charge on any atom is -0.381 e. The molecule has 0 aliphatic carbocycles. The molecule has 2 N–H and O–H groups in total. The minimum atomic E-state index is -1.65. The van der Waals surface area contributed by atoms with E-state index in [0.717, 1.165) is 48.2 Å². The van der Waals surface area contributed by atoms with E-state index >= 15 is 0 Å². The van der Waals surface area contributed by atoms with E-state index in [1.54, 1.807) is 0 Å². The Balaban J connectivity index is 1.49. The van der Waals surface area contributed by atoms with Crippen LogP contribution in [0.4, 0.5) is 14.5 Å². The van der Waals surface area contributed by atoms with Gasteiger partial charge in [-0.15, -0.1) is 0 Å². The van der Waals surface area contributed by atoms with Crippen LogP contribution in [0.15, 0.2) is 59.6 Å². The summed E-state index contributed by atoms with van der Waals surface area (Å²) in [6, 6.07) is 11.0. The summed E-state index contributed by atoms with van der Waals surface area (Å²) in [7, 11) is 0. The number of benzene rings is 2. The van der Waals surface area contributed by atoms with Gasteiger partial charge in [0.25, 0.3) is 0 Å². The zero-order valence-electron chi connectivity index (χ0n) is 17.8. The molecule has 2 aromatic carbocycles. The lowest BCUT2D eigenvalue weighted by atomic mass is 9.85. The zero-order valence-corrected chi connectivity index (χ0v) is 19.3. The lowest BCUT2D eigenvalue weighted by Crippen LogP contribution is -2.55. The fourth-order valence-corrected chi connectivity index (χ4v) is 4.88. The van der Waals surface area contributed by atoms with Crippen molar-refractivity contribution in [3.05, 3.63) is 76.8 Å². The molecule has 4 rings (SSSR count). The van der Waals surface area contributed by atoms with E-state index in [1.807, 2.05) is 25.1 Å². The van der Waals surface area contributed by atoms with Crippen molar-refractivity contribution in [2.24, 2.45) is 0 Å². The molecular weight excluding hydrogens is 480 g/mol. The molecule has 1 saturated heterocycles. The summed E-state index contributed by atoms with van der Waals surface area (Å²) in [5.41, 5.74) is -0.458. The molecule has 0 bridgehead atoms. The summed E-state index contributed by atoms with van der Waals surface area (Å²) < 4.78 is 30.7. The number of para-hydroxylation sites is 1. The van der Waals surface area contributed by atoms with Gasteiger partial charge in [-0.05, 0) is 53.9 Å². The van der Waals surface area contributed by atoms with Crippen LogP contribution in [0, 0.1) is 11.6 Å². The van der Waals surface area contributed by atoms with Gasteiger partial charge in [0.15, 0.2) is 0 Å². The summed E-state index contributed by atoms with van der Waals surface area (Å²) in [6.07, 6.45) is 4.57. The number of anilines is 1. The maximum atomic E-state index is 14.7. The van der Waals surface area contributed by atoms with Crippen molar-refractivity contribution in [3.8, 4) is 0 Å². The molecule has 1 aliphatic heterocycles. The average Bonchev–Trinajstić information content (AvgIpc) is 3.27. The molecule has 1 aromatic heterocycles. The SMILES string of the molecule is C[C@@H](NC1CCN(c2ccccc2Br)CC1)[C@](O)(Cn1cncn1)c1ccc(F)cc1F. The molecule has 32 heavy (non-hydrogen) atoms. The third kappa shape index (κ3) is 4.84. The molecule has 0 saturated carbocycles. The van der Waals surface area contributed by atoms with Crippen LogP contribution < -0.4 is 10.2 Å². The highest BCUT2D eigenvalue weighted by Gasteiger charge is 2.40. The van der Waals surface area contributed by atoms with Crippen LogP contribution in [-0.2, 0) is 12.1 Å². The van der Waals surface area contributed by atoms with Crippen LogP contribution in [0.1, 0.15) is 25.3 Å². The number of piperidine rings is 1. The summed E-state index contributed by atoms with van der Waals surface area (Å²) in [4.78, 5) is 6.24. The van der Waals surface area contributed by atoms with Crippen molar-refractivity contribution in [2.75, 3.05) is 18.0 Å². The van der Waals surface area contributed by atoms with Crippen LogP contribution in [0.25, 0.3) is 0 Å². The molecule has 2 atom stereocenters. The van der Waals surface area contributed by atoms with Gasteiger partial charge in [-0.1, -0.05) is 18.2 Å². The number of aliphatic hydroxyl groups is 1. The van der Waals surface area contributed by atoms with Crippen molar-refractivity contribution < 1.29 is 13.9 Å². The van der Waals surface area contributed by atoms with Gasteiger partial charge in [0.05, 0.1) is 12.2 Å². The second kappa shape index (κ2) is 9.64. The van der Waals surface area contributed by atoms with Crippen LogP contribution in [-0.4, -0.2) is 45.0 Å². The van der Waals surface area contributed by atoms with Gasteiger partial charge in [0, 0.05) is 41.3 Å². The Morgan fingerprint density at radius 1 is 1.22 bits per heavy atom. The molecule has 0 amide bonds. The van der Waals surface area contributed by atoms with E-state index in [1.165, 1.54) is 23.4 Å². The first-order valence-corrected chi connectivity index (χ1v) is 11.4. The van der Waals surface area contributed by atoms with Crippen LogP contribution in [0.5, 0.6) is 0 Å². The molecule has 9 heteroatoms. The molecule has 0 radical (unpaired) electrons. The average molecular weight is 506 g/mol. The summed E-state index contributed by atoms with van der Waals surface area (Å²) in [6.45, 7) is 3.53. The largest absolute Gasteiger partial charge is 0.381 e. The lowest BCUT2D eigenvalue weighted by molar-refractivity contribution is -0.0242. The first-order valence-electron chi connectivity index (χ1n) is 10.6. The standard InChI is InChI=1S/C23H26BrF2N5O/c1-16(29-18-8-10-30(11-9-18)22-5-3-2-4-20(22)24)23(32,13-31-15-27-14-28-31)19-7-6-17(25)12-21(19)26/h2-7,12,14-16,18,29,32H,8-11,13H2,1H3/t16-,23-/m1/s1. The highest BCUT2D eigenvalue weighted by atomic mass is 79.9. The molecule has 3 aromatic rings. The molecule has 2 heterocycles. The van der Waals surface area contributed by atoms with Gasteiger partial charge in [0.1, 0.15) is 29.9 Å². The molecule has 1 aliphatic rings. The fourth-order valence-electron chi connectivity index (χ4n) is 4.34. The Kier molecular flexibility index (Phi) is 6.88. The van der Waals surface area contributed by atoms with Crippen molar-refractivity contribution >= 4 is 21.6 Å². The third-order valence-corrected chi connectivity index (χ3v) is 6.83. The summed E-state index contributed by atoms with van der Waals surface area (Å²) in [5, 5.41) is 19.2. The van der Waals surface area contributed by atoms with Gasteiger partial charge >= 0.3 is 0 Å². The van der Waals surface area contributed by atoms with Crippen molar-refractivity contribution in [3.63, 3.8) is 0 Å². The lowest BCUT2D eigenvalue weighted by Gasteiger charge is -2.40. The predicted molar refractivity (Wildman–Crippen MR) is 122 cm³/mol. The van der Waals surface area contributed by atoms with Crippen LogP contribution in [0.2, 0.25) is 0 Å². The zero-order chi connectivity index (χ0) is 22.7. The van der Waals surface area contributed by atoms with Gasteiger partial charge in [0.2, 0.25) is 0 Å². The molecule has 170 valence electrons. The third-order valence-electron chi connectivity index (χ3n) is 6.16. The van der Waals surface area contributed by atoms with E-state index in [4.69, 9.17) is 0 Å². The van der Waals surface area contributed by atoms with Crippen molar-refractivity contribution in [2.45, 2.75) is 44.0 Å². The van der Waals surface area contributed by atoms with Crippen LogP contribution >= 0.6 is 15.9 Å². The van der Waals surface area contributed by atoms with Gasteiger partial charge in [-0.25, -0.2) is 18.4 Å². The summed E-state index contributed by atoms with van der Waals surface area (Å²) in [5.74, 6) is -1.47. The second-order valence-electron chi connectivity index (χ2n) is 8.24. The van der Waals surface area contributed by atoms with Crippen molar-refractivity contribution in [1.29, 1.82) is 0 Å². The number of nitrogens with zero attached hydrogens (tertiary/aromatic N) is 4. The number of nitrogens with one attached hydrogen (secondary N) is 1. The Morgan fingerprint density at radius 3 is 2.62 bits per heavy atom. The number of halogens is 3. The minimum absolute atomic E-state index is 0.0144. The van der Waals surface area contributed by atoms with Crippen molar-refractivity contribution in [1.82, 2.24) is 20.1 Å². The molecule has 0 spiro atoms. The smallest absolute Gasteiger partial charge is 0.137 e. The first-order chi connectivity index (χ1) is 15.4. The second-order valence-corrected chi connectivity index (χ2v) is 9.10. The Bertz CT molecular complexity index is 1040. The highest BCUT2D eigenvalue weighted by molar-refractivity contribution is 9.10. The Labute approximate surface area is 194 Å². The van der Waals surface area contributed by atoms with Gasteiger partial charge in [-0.3, -0.25) is 0 Å². The van der Waals surface area contributed by atoms with Gasteiger partial charge in [-0.2, -0.15) is 5.10 Å². The number of hydrogen-bond donors (Lipinski definition) is 2. The summed E-state index contributed by atoms with van der Waals surface area (Å²) >= 11 is 3.61. The topological polar surface area (TPSA) is 66.2 Å². The maximum absolute atomic E-state index is 14.7. The molecular formula is C23H26BrF2N5O. The van der Waals surface area contributed by atoms with E-state index in [2.05, 4.69) is 42.3 Å². The fraction of sp³-hybridized carbons (Fsp3) is 0.391. The van der Waals surface area contributed by atoms with E-state index in [-0.39, 0.29) is 18.2 Å². The first kappa shape index (κ1) is 22.8. The maximum Gasteiger partial charge on any atom is 0.137 e. The number of rotatable bonds is 7. The van der Waals surface area contributed by atoms with E-state index in [9.17, 15) is 13.9 Å². The van der Waals surface area contributed by atoms with Gasteiger partial charge < -0.3 is 15.3 Å². The normalized spacial score (nSPS) is 17.8.